The van der Waals surface area contributed by atoms with Crippen molar-refractivity contribution >= 4 is 30.1 Å². The van der Waals surface area contributed by atoms with Crippen LogP contribution in [0.15, 0.2) is 66.7 Å². The average molecular weight is 325 g/mol. The predicted molar refractivity (Wildman–Crippen MR) is 99.3 cm³/mol. The fourth-order valence-corrected chi connectivity index (χ4v) is 2.48. The molecular weight excluding hydrogens is 310 g/mol. The first-order valence-corrected chi connectivity index (χ1v) is 7.94. The third-order valence-electron chi connectivity index (χ3n) is 3.71. The lowest BCUT2D eigenvalue weighted by molar-refractivity contribution is 0.815. The van der Waals surface area contributed by atoms with Crippen molar-refractivity contribution in [3.8, 4) is 0 Å². The summed E-state index contributed by atoms with van der Waals surface area (Å²) in [6.45, 7) is 0. The molecule has 5 nitrogen and oxygen atoms in total. The highest BCUT2D eigenvalue weighted by Crippen LogP contribution is 2.12. The van der Waals surface area contributed by atoms with E-state index in [0.717, 1.165) is 22.5 Å². The van der Waals surface area contributed by atoms with Crippen molar-refractivity contribution in [3.63, 3.8) is 0 Å². The molecule has 0 N–H and O–H groups in total. The second-order valence-corrected chi connectivity index (χ2v) is 5.48. The van der Waals surface area contributed by atoms with Gasteiger partial charge in [0.1, 0.15) is 0 Å². The third kappa shape index (κ3) is 3.50. The van der Waals surface area contributed by atoms with Gasteiger partial charge in [0.15, 0.2) is 0 Å². The molecule has 0 aliphatic rings. The highest BCUT2D eigenvalue weighted by Gasteiger charge is 2.05. The fraction of sp³-hybridized carbons (Fsp3) is 0. The Kier molecular flexibility index (Phi) is 4.12. The van der Waals surface area contributed by atoms with E-state index >= 15 is 0 Å². The molecule has 2 heterocycles. The van der Waals surface area contributed by atoms with Crippen molar-refractivity contribution < 1.29 is 0 Å². The Balaban J connectivity index is 1.70. The van der Waals surface area contributed by atoms with Gasteiger partial charge in [-0.3, -0.25) is 0 Å². The van der Waals surface area contributed by atoms with Crippen molar-refractivity contribution in [1.82, 2.24) is 25.0 Å². The van der Waals surface area contributed by atoms with Crippen LogP contribution in [0, 0.1) is 0 Å². The van der Waals surface area contributed by atoms with Crippen LogP contribution in [-0.4, -0.2) is 25.0 Å². The number of tetrazole rings is 1. The Labute approximate surface area is 145 Å². The minimum Gasteiger partial charge on any atom is -0.210 e. The molecule has 120 valence electrons. The zero-order chi connectivity index (χ0) is 16.9. The van der Waals surface area contributed by atoms with E-state index in [2.05, 4.69) is 20.5 Å². The Hall–Kier alpha value is -3.60. The quantitative estimate of drug-likeness (QED) is 0.572. The van der Waals surface area contributed by atoms with Crippen LogP contribution in [0.25, 0.3) is 30.1 Å². The van der Waals surface area contributed by atoms with Crippen LogP contribution in [0.2, 0.25) is 0 Å². The molecule has 5 heteroatoms. The van der Waals surface area contributed by atoms with Crippen LogP contribution >= 0.6 is 0 Å². The van der Waals surface area contributed by atoms with Crippen molar-refractivity contribution in [3.05, 3.63) is 89.2 Å². The van der Waals surface area contributed by atoms with Crippen LogP contribution in [0.3, 0.4) is 0 Å². The zero-order valence-electron chi connectivity index (χ0n) is 13.4. The number of aromatic nitrogens is 5. The van der Waals surface area contributed by atoms with E-state index in [-0.39, 0.29) is 0 Å². The maximum Gasteiger partial charge on any atom is 0.274 e. The first kappa shape index (κ1) is 15.0. The minimum atomic E-state index is 0.475. The first-order valence-electron chi connectivity index (χ1n) is 7.94. The molecule has 0 atom stereocenters. The van der Waals surface area contributed by atoms with Gasteiger partial charge < -0.3 is 0 Å². The predicted octanol–water partition coefficient (Wildman–Crippen LogP) is 3.86. The number of nitrogens with zero attached hydrogens (tertiary/aromatic N) is 5. The molecule has 25 heavy (non-hydrogen) atoms. The van der Waals surface area contributed by atoms with Gasteiger partial charge in [-0.05, 0) is 39.8 Å². The Morgan fingerprint density at radius 2 is 1.36 bits per heavy atom. The molecular formula is C20H15N5. The summed E-state index contributed by atoms with van der Waals surface area (Å²) in [5, 5.41) is 11.7. The summed E-state index contributed by atoms with van der Waals surface area (Å²) in [7, 11) is 0. The molecule has 0 aliphatic carbocycles. The molecule has 0 aliphatic heterocycles. The van der Waals surface area contributed by atoms with Gasteiger partial charge in [-0.25, -0.2) is 4.98 Å². The second-order valence-electron chi connectivity index (χ2n) is 5.48. The lowest BCUT2D eigenvalue weighted by Crippen LogP contribution is -1.98. The molecule has 4 aromatic rings. The molecule has 0 spiro atoms. The molecule has 2 aromatic carbocycles. The SMILES string of the molecule is C(=C/c1cc(/C=C/c2ccccc2)nc2nnnn12)/c1ccccc1. The smallest absolute Gasteiger partial charge is 0.210 e. The molecule has 2 aromatic heterocycles. The maximum atomic E-state index is 4.47. The van der Waals surface area contributed by atoms with E-state index < -0.39 is 0 Å². The summed E-state index contributed by atoms with van der Waals surface area (Å²) in [6, 6.07) is 22.2. The van der Waals surface area contributed by atoms with Crippen molar-refractivity contribution in [2.45, 2.75) is 0 Å². The van der Waals surface area contributed by atoms with Crippen LogP contribution in [-0.2, 0) is 0 Å². The second kappa shape index (κ2) is 6.88. The largest absolute Gasteiger partial charge is 0.274 e. The number of hydrogen-bond acceptors (Lipinski definition) is 4. The van der Waals surface area contributed by atoms with Crippen molar-refractivity contribution in [2.75, 3.05) is 0 Å². The number of hydrogen-bond donors (Lipinski definition) is 0. The Bertz CT molecular complexity index is 1030. The van der Waals surface area contributed by atoms with E-state index in [9.17, 15) is 0 Å². The fourth-order valence-electron chi connectivity index (χ4n) is 2.48. The summed E-state index contributed by atoms with van der Waals surface area (Å²) >= 11 is 0. The zero-order valence-corrected chi connectivity index (χ0v) is 13.4. The topological polar surface area (TPSA) is 56.0 Å². The molecule has 0 unspecified atom stereocenters. The molecule has 0 amide bonds. The minimum absolute atomic E-state index is 0.475. The van der Waals surface area contributed by atoms with Crippen LogP contribution in [0.1, 0.15) is 22.5 Å². The standard InChI is InChI=1S/C20H15N5/c1-3-7-16(8-4-1)11-13-18-15-19(25-20(21-18)22-23-24-25)14-12-17-9-5-2-6-10-17/h1-15H/b13-11+,14-12-. The van der Waals surface area contributed by atoms with Gasteiger partial charge in [0.05, 0.1) is 11.4 Å². The monoisotopic (exact) mass is 325 g/mol. The molecule has 4 rings (SSSR count). The summed E-state index contributed by atoms with van der Waals surface area (Å²) in [5.41, 5.74) is 3.90. The van der Waals surface area contributed by atoms with Crippen molar-refractivity contribution in [2.24, 2.45) is 0 Å². The number of fused-ring (bicyclic) bond motifs is 1. The van der Waals surface area contributed by atoms with Gasteiger partial charge in [-0.15, -0.1) is 0 Å². The first-order chi connectivity index (χ1) is 12.4. The normalized spacial score (nSPS) is 11.7. The van der Waals surface area contributed by atoms with Gasteiger partial charge >= 0.3 is 0 Å². The van der Waals surface area contributed by atoms with E-state index in [4.69, 9.17) is 0 Å². The van der Waals surface area contributed by atoms with Crippen LogP contribution < -0.4 is 0 Å². The van der Waals surface area contributed by atoms with E-state index in [1.807, 2.05) is 91.0 Å². The summed E-state index contributed by atoms with van der Waals surface area (Å²) < 4.78 is 1.62. The lowest BCUT2D eigenvalue weighted by Gasteiger charge is -2.00. The van der Waals surface area contributed by atoms with Crippen molar-refractivity contribution in [1.29, 1.82) is 0 Å². The number of rotatable bonds is 4. The van der Waals surface area contributed by atoms with E-state index in [0.29, 0.717) is 5.78 Å². The number of benzene rings is 2. The highest BCUT2D eigenvalue weighted by atomic mass is 15.5. The molecule has 0 radical (unpaired) electrons. The van der Waals surface area contributed by atoms with Gasteiger partial charge in [0.25, 0.3) is 5.78 Å². The molecule has 0 fully saturated rings. The average Bonchev–Trinajstić information content (AvgIpc) is 3.15. The van der Waals surface area contributed by atoms with E-state index in [1.165, 1.54) is 0 Å². The maximum absolute atomic E-state index is 4.47. The van der Waals surface area contributed by atoms with Gasteiger partial charge in [0, 0.05) is 0 Å². The summed E-state index contributed by atoms with van der Waals surface area (Å²) in [4.78, 5) is 4.47. The van der Waals surface area contributed by atoms with Crippen LogP contribution in [0.4, 0.5) is 0 Å². The molecule has 0 saturated heterocycles. The lowest BCUT2D eigenvalue weighted by atomic mass is 10.2. The summed E-state index contributed by atoms with van der Waals surface area (Å²) in [5.74, 6) is 0.475. The van der Waals surface area contributed by atoms with Gasteiger partial charge in [0.2, 0.25) is 0 Å². The van der Waals surface area contributed by atoms with Crippen LogP contribution in [0.5, 0.6) is 0 Å². The summed E-state index contributed by atoms with van der Waals surface area (Å²) in [6.07, 6.45) is 8.00. The Morgan fingerprint density at radius 3 is 2.04 bits per heavy atom. The van der Waals surface area contributed by atoms with E-state index in [1.54, 1.807) is 4.52 Å². The third-order valence-corrected chi connectivity index (χ3v) is 3.71. The van der Waals surface area contributed by atoms with Gasteiger partial charge in [-0.1, -0.05) is 77.9 Å². The van der Waals surface area contributed by atoms with Gasteiger partial charge in [-0.2, -0.15) is 4.52 Å². The highest BCUT2D eigenvalue weighted by molar-refractivity contribution is 5.72. The molecule has 0 saturated carbocycles. The Morgan fingerprint density at radius 1 is 0.720 bits per heavy atom. The molecule has 0 bridgehead atoms.